The molecule has 0 spiro atoms. The molecule has 4 nitrogen and oxygen atoms in total. The Morgan fingerprint density at radius 1 is 0.966 bits per heavy atom. The molecule has 0 radical (unpaired) electrons. The third-order valence-corrected chi connectivity index (χ3v) is 5.23. The van der Waals surface area contributed by atoms with E-state index < -0.39 is 0 Å². The van der Waals surface area contributed by atoms with Gasteiger partial charge >= 0.3 is 0 Å². The average molecular weight is 384 g/mol. The van der Waals surface area contributed by atoms with Gasteiger partial charge in [-0.1, -0.05) is 55.5 Å². The lowest BCUT2D eigenvalue weighted by Crippen LogP contribution is -2.31. The van der Waals surface area contributed by atoms with Gasteiger partial charge in [-0.15, -0.1) is 0 Å². The van der Waals surface area contributed by atoms with Gasteiger partial charge < -0.3 is 9.64 Å². The Balaban J connectivity index is 1.73. The fraction of sp³-hybridized carbons (Fsp3) is 0.200. The summed E-state index contributed by atoms with van der Waals surface area (Å²) in [5, 5.41) is 0. The summed E-state index contributed by atoms with van der Waals surface area (Å²) in [6.07, 6.45) is 0.964. The molecule has 146 valence electrons. The number of para-hydroxylation sites is 1. The van der Waals surface area contributed by atoms with Crippen LogP contribution in [-0.2, 0) is 17.8 Å². The van der Waals surface area contributed by atoms with Gasteiger partial charge in [0.1, 0.15) is 12.3 Å². The fourth-order valence-corrected chi connectivity index (χ4v) is 3.63. The van der Waals surface area contributed by atoms with Crippen LogP contribution in [0.1, 0.15) is 29.2 Å². The van der Waals surface area contributed by atoms with Crippen molar-refractivity contribution >= 4 is 17.3 Å². The lowest BCUT2D eigenvalue weighted by molar-refractivity contribution is -0.117. The first kappa shape index (κ1) is 18.9. The Hall–Kier alpha value is -3.40. The number of hydrogen-bond acceptors (Lipinski definition) is 3. The molecule has 0 aliphatic carbocycles. The van der Waals surface area contributed by atoms with E-state index in [2.05, 4.69) is 31.2 Å². The molecule has 0 fully saturated rings. The van der Waals surface area contributed by atoms with Crippen LogP contribution in [0, 0.1) is 0 Å². The number of benzene rings is 3. The summed E-state index contributed by atoms with van der Waals surface area (Å²) < 4.78 is 5.24. The Labute approximate surface area is 171 Å². The minimum atomic E-state index is -0.00471. The van der Waals surface area contributed by atoms with Crippen LogP contribution in [0.4, 0.5) is 5.69 Å². The van der Waals surface area contributed by atoms with E-state index in [-0.39, 0.29) is 12.5 Å². The molecule has 3 aromatic rings. The quantitative estimate of drug-likeness (QED) is 0.643. The van der Waals surface area contributed by atoms with Crippen molar-refractivity contribution in [2.24, 2.45) is 4.99 Å². The van der Waals surface area contributed by atoms with Gasteiger partial charge in [0.25, 0.3) is 0 Å². The minimum Gasteiger partial charge on any atom is -0.497 e. The van der Waals surface area contributed by atoms with Crippen molar-refractivity contribution < 1.29 is 9.53 Å². The lowest BCUT2D eigenvalue weighted by Gasteiger charge is -2.23. The molecule has 1 amide bonds. The maximum atomic E-state index is 13.0. The summed E-state index contributed by atoms with van der Waals surface area (Å²) in [6, 6.07) is 24.2. The average Bonchev–Trinajstić information content (AvgIpc) is 2.91. The zero-order valence-electron chi connectivity index (χ0n) is 16.8. The highest BCUT2D eigenvalue weighted by Crippen LogP contribution is 2.28. The van der Waals surface area contributed by atoms with Gasteiger partial charge in [-0.2, -0.15) is 0 Å². The van der Waals surface area contributed by atoms with Gasteiger partial charge in [0, 0.05) is 11.1 Å². The van der Waals surface area contributed by atoms with E-state index in [1.54, 1.807) is 7.11 Å². The van der Waals surface area contributed by atoms with E-state index in [4.69, 9.17) is 9.73 Å². The SMILES string of the molecule is CCc1cccc(C2=NCC(=O)N(Cc3ccc(OC)cc3)c3ccccc32)c1. The number of nitrogens with zero attached hydrogens (tertiary/aromatic N) is 2. The molecule has 3 aromatic carbocycles. The molecule has 0 bridgehead atoms. The molecule has 1 heterocycles. The highest BCUT2D eigenvalue weighted by Gasteiger charge is 2.25. The summed E-state index contributed by atoms with van der Waals surface area (Å²) in [5.74, 6) is 0.799. The molecule has 0 saturated carbocycles. The normalized spacial score (nSPS) is 13.5. The van der Waals surface area contributed by atoms with Crippen molar-refractivity contribution in [1.29, 1.82) is 0 Å². The van der Waals surface area contributed by atoms with Crippen LogP contribution in [-0.4, -0.2) is 25.3 Å². The molecule has 0 aromatic heterocycles. The van der Waals surface area contributed by atoms with E-state index in [9.17, 15) is 4.79 Å². The van der Waals surface area contributed by atoms with Crippen LogP contribution < -0.4 is 9.64 Å². The van der Waals surface area contributed by atoms with Crippen molar-refractivity contribution in [3.63, 3.8) is 0 Å². The van der Waals surface area contributed by atoms with Crippen molar-refractivity contribution in [3.8, 4) is 5.75 Å². The molecule has 4 rings (SSSR count). The van der Waals surface area contributed by atoms with Gasteiger partial charge in [0.2, 0.25) is 5.91 Å². The lowest BCUT2D eigenvalue weighted by atomic mass is 9.98. The zero-order chi connectivity index (χ0) is 20.2. The third-order valence-electron chi connectivity index (χ3n) is 5.23. The molecule has 0 N–H and O–H groups in total. The molecule has 0 unspecified atom stereocenters. The van der Waals surface area contributed by atoms with Gasteiger partial charge in [-0.3, -0.25) is 9.79 Å². The maximum Gasteiger partial charge on any atom is 0.248 e. The Morgan fingerprint density at radius 2 is 1.76 bits per heavy atom. The van der Waals surface area contributed by atoms with Crippen molar-refractivity contribution in [3.05, 3.63) is 95.1 Å². The van der Waals surface area contributed by atoms with Crippen LogP contribution in [0.15, 0.2) is 77.8 Å². The van der Waals surface area contributed by atoms with Crippen LogP contribution in [0.2, 0.25) is 0 Å². The molecular formula is C25H24N2O2. The third kappa shape index (κ3) is 3.92. The highest BCUT2D eigenvalue weighted by molar-refractivity contribution is 6.19. The molecule has 0 saturated heterocycles. The standard InChI is InChI=1S/C25H24N2O2/c1-3-18-7-6-8-20(15-18)25-22-9-4-5-10-23(22)27(24(28)16-26-25)17-19-11-13-21(29-2)14-12-19/h4-15H,3,16-17H2,1-2H3. The van der Waals surface area contributed by atoms with Crippen molar-refractivity contribution in [2.45, 2.75) is 19.9 Å². The Morgan fingerprint density at radius 3 is 2.52 bits per heavy atom. The number of aryl methyl sites for hydroxylation is 1. The van der Waals surface area contributed by atoms with Gasteiger partial charge in [-0.05, 0) is 41.8 Å². The van der Waals surface area contributed by atoms with Crippen LogP contribution in [0.25, 0.3) is 0 Å². The molecule has 29 heavy (non-hydrogen) atoms. The second-order valence-corrected chi connectivity index (χ2v) is 7.06. The summed E-state index contributed by atoms with van der Waals surface area (Å²) in [4.78, 5) is 19.5. The molecular weight excluding hydrogens is 360 g/mol. The van der Waals surface area contributed by atoms with Crippen LogP contribution >= 0.6 is 0 Å². The largest absolute Gasteiger partial charge is 0.497 e. The molecule has 0 atom stereocenters. The second-order valence-electron chi connectivity index (χ2n) is 7.06. The number of benzodiazepines with no additional fused rings is 1. The monoisotopic (exact) mass is 384 g/mol. The number of aliphatic imine (C=N–C) groups is 1. The molecule has 4 heteroatoms. The predicted octanol–water partition coefficient (Wildman–Crippen LogP) is 4.64. The Kier molecular flexibility index (Phi) is 5.43. The number of anilines is 1. The predicted molar refractivity (Wildman–Crippen MR) is 117 cm³/mol. The minimum absolute atomic E-state index is 0.00471. The summed E-state index contributed by atoms with van der Waals surface area (Å²) in [6.45, 7) is 2.77. The molecule has 1 aliphatic heterocycles. The summed E-state index contributed by atoms with van der Waals surface area (Å²) in [7, 11) is 1.65. The van der Waals surface area contributed by atoms with Crippen LogP contribution in [0.3, 0.4) is 0 Å². The molecule has 1 aliphatic rings. The van der Waals surface area contributed by atoms with Crippen LogP contribution in [0.5, 0.6) is 5.75 Å². The number of fused-ring (bicyclic) bond motifs is 1. The number of hydrogen-bond donors (Lipinski definition) is 0. The van der Waals surface area contributed by atoms with Crippen molar-refractivity contribution in [2.75, 3.05) is 18.6 Å². The first-order chi connectivity index (χ1) is 14.2. The first-order valence-electron chi connectivity index (χ1n) is 9.86. The number of carbonyl (C=O) groups is 1. The maximum absolute atomic E-state index is 13.0. The van der Waals surface area contributed by atoms with E-state index in [0.29, 0.717) is 6.54 Å². The smallest absolute Gasteiger partial charge is 0.248 e. The number of ether oxygens (including phenoxy) is 1. The van der Waals surface area contributed by atoms with Gasteiger partial charge in [-0.25, -0.2) is 0 Å². The summed E-state index contributed by atoms with van der Waals surface area (Å²) in [5.41, 5.74) is 6.11. The van der Waals surface area contributed by atoms with E-state index in [1.165, 1.54) is 5.56 Å². The van der Waals surface area contributed by atoms with E-state index in [1.807, 2.05) is 53.4 Å². The zero-order valence-corrected chi connectivity index (χ0v) is 16.8. The highest BCUT2D eigenvalue weighted by atomic mass is 16.5. The summed E-state index contributed by atoms with van der Waals surface area (Å²) >= 11 is 0. The number of rotatable bonds is 5. The van der Waals surface area contributed by atoms with Crippen molar-refractivity contribution in [1.82, 2.24) is 0 Å². The van der Waals surface area contributed by atoms with Gasteiger partial charge in [0.15, 0.2) is 0 Å². The second kappa shape index (κ2) is 8.31. The number of carbonyl (C=O) groups excluding carboxylic acids is 1. The number of methoxy groups -OCH3 is 1. The topological polar surface area (TPSA) is 41.9 Å². The fourth-order valence-electron chi connectivity index (χ4n) is 3.63. The van der Waals surface area contributed by atoms with E-state index in [0.717, 1.165) is 40.3 Å². The Bertz CT molecular complexity index is 1050. The van der Waals surface area contributed by atoms with E-state index >= 15 is 0 Å². The number of amides is 1. The first-order valence-corrected chi connectivity index (χ1v) is 9.86. The van der Waals surface area contributed by atoms with Gasteiger partial charge in [0.05, 0.1) is 25.1 Å².